The molecular weight excluding hydrogens is 302 g/mol. The summed E-state index contributed by atoms with van der Waals surface area (Å²) < 4.78 is 0. The van der Waals surface area contributed by atoms with Crippen molar-refractivity contribution in [2.24, 2.45) is 0 Å². The first-order valence-electron chi connectivity index (χ1n) is 7.79. The van der Waals surface area contributed by atoms with Crippen molar-refractivity contribution in [2.45, 2.75) is 13.8 Å². The largest absolute Gasteiger partial charge is 0.376 e. The zero-order valence-electron chi connectivity index (χ0n) is 14.5. The lowest BCUT2D eigenvalue weighted by Gasteiger charge is -2.13. The highest BCUT2D eigenvalue weighted by Gasteiger charge is 2.09. The Morgan fingerprint density at radius 3 is 2.50 bits per heavy atom. The van der Waals surface area contributed by atoms with Crippen LogP contribution in [0.15, 0.2) is 42.5 Å². The minimum absolute atomic E-state index is 0.0708. The molecule has 0 saturated heterocycles. The lowest BCUT2D eigenvalue weighted by atomic mass is 10.1. The van der Waals surface area contributed by atoms with Crippen LogP contribution in [0, 0.1) is 13.8 Å². The van der Waals surface area contributed by atoms with Crippen molar-refractivity contribution < 1.29 is 9.59 Å². The Kier molecular flexibility index (Phi) is 5.58. The molecule has 0 spiro atoms. The molecule has 0 fully saturated rings. The van der Waals surface area contributed by atoms with Crippen molar-refractivity contribution in [3.8, 4) is 0 Å². The number of carbonyl (C=O) groups is 2. The third-order valence-electron chi connectivity index (χ3n) is 3.64. The van der Waals surface area contributed by atoms with Crippen LogP contribution in [0.25, 0.3) is 0 Å². The summed E-state index contributed by atoms with van der Waals surface area (Å²) in [5.74, 6) is -0.202. The summed E-state index contributed by atoms with van der Waals surface area (Å²) in [5.41, 5.74) is 4.25. The maximum Gasteiger partial charge on any atom is 0.253 e. The van der Waals surface area contributed by atoms with Gasteiger partial charge in [-0.2, -0.15) is 0 Å². The summed E-state index contributed by atoms with van der Waals surface area (Å²) in [7, 11) is 3.42. The van der Waals surface area contributed by atoms with Gasteiger partial charge in [0.1, 0.15) is 0 Å². The molecule has 24 heavy (non-hydrogen) atoms. The average Bonchev–Trinajstić information content (AvgIpc) is 2.56. The van der Waals surface area contributed by atoms with Crippen LogP contribution in [0.5, 0.6) is 0 Å². The minimum atomic E-state index is -0.131. The van der Waals surface area contributed by atoms with Crippen LogP contribution in [-0.2, 0) is 4.79 Å². The topological polar surface area (TPSA) is 61.4 Å². The Morgan fingerprint density at radius 1 is 1.04 bits per heavy atom. The molecule has 2 aromatic carbocycles. The third-order valence-corrected chi connectivity index (χ3v) is 3.64. The predicted octanol–water partition coefficient (Wildman–Crippen LogP) is 3.06. The van der Waals surface area contributed by atoms with Crippen molar-refractivity contribution in [1.82, 2.24) is 4.90 Å². The van der Waals surface area contributed by atoms with E-state index in [1.54, 1.807) is 32.3 Å². The smallest absolute Gasteiger partial charge is 0.253 e. The highest BCUT2D eigenvalue weighted by atomic mass is 16.2. The monoisotopic (exact) mass is 325 g/mol. The first kappa shape index (κ1) is 17.5. The van der Waals surface area contributed by atoms with E-state index in [2.05, 4.69) is 10.6 Å². The number of hydrogen-bond donors (Lipinski definition) is 2. The number of nitrogens with one attached hydrogen (secondary N) is 2. The Labute approximate surface area is 142 Å². The fraction of sp³-hybridized carbons (Fsp3) is 0.263. The summed E-state index contributed by atoms with van der Waals surface area (Å²) in [6.07, 6.45) is 0. The predicted molar refractivity (Wildman–Crippen MR) is 97.5 cm³/mol. The van der Waals surface area contributed by atoms with Crippen molar-refractivity contribution >= 4 is 23.2 Å². The Hall–Kier alpha value is -2.82. The second-order valence-electron chi connectivity index (χ2n) is 6.00. The van der Waals surface area contributed by atoms with E-state index in [9.17, 15) is 9.59 Å². The zero-order valence-corrected chi connectivity index (χ0v) is 14.5. The van der Waals surface area contributed by atoms with Gasteiger partial charge in [-0.3, -0.25) is 9.59 Å². The van der Waals surface area contributed by atoms with E-state index in [-0.39, 0.29) is 18.4 Å². The lowest BCUT2D eigenvalue weighted by Crippen LogP contribution is -2.23. The van der Waals surface area contributed by atoms with Gasteiger partial charge in [0.15, 0.2) is 0 Å². The second-order valence-corrected chi connectivity index (χ2v) is 6.00. The molecular formula is C19H23N3O2. The molecule has 2 aromatic rings. The maximum atomic E-state index is 12.1. The molecule has 2 rings (SSSR count). The van der Waals surface area contributed by atoms with Gasteiger partial charge in [-0.1, -0.05) is 18.2 Å². The number of carbonyl (C=O) groups excluding carboxylic acids is 2. The zero-order chi connectivity index (χ0) is 17.7. The molecule has 0 radical (unpaired) electrons. The number of nitrogens with zero attached hydrogens (tertiary/aromatic N) is 1. The standard InChI is InChI=1S/C19H23N3O2/c1-13-8-9-14(2)17(10-13)21-18(23)12-20-16-7-5-6-15(11-16)19(24)22(3)4/h5-11,20H,12H2,1-4H3,(H,21,23). The van der Waals surface area contributed by atoms with Crippen molar-refractivity contribution in [3.63, 3.8) is 0 Å². The van der Waals surface area contributed by atoms with Gasteiger partial charge < -0.3 is 15.5 Å². The van der Waals surface area contributed by atoms with Gasteiger partial charge in [-0.25, -0.2) is 0 Å². The van der Waals surface area contributed by atoms with E-state index in [1.807, 2.05) is 38.1 Å². The number of anilines is 2. The second kappa shape index (κ2) is 7.64. The molecule has 0 aliphatic carbocycles. The minimum Gasteiger partial charge on any atom is -0.376 e. The molecule has 2 N–H and O–H groups in total. The molecule has 0 aromatic heterocycles. The van der Waals surface area contributed by atoms with Gasteiger partial charge in [-0.05, 0) is 49.2 Å². The molecule has 0 unspecified atom stereocenters. The molecule has 0 saturated carbocycles. The first-order chi connectivity index (χ1) is 11.4. The molecule has 5 heteroatoms. The highest BCUT2D eigenvalue weighted by molar-refractivity contribution is 5.96. The van der Waals surface area contributed by atoms with E-state index >= 15 is 0 Å². The number of benzene rings is 2. The van der Waals surface area contributed by atoms with Gasteiger partial charge in [0.2, 0.25) is 5.91 Å². The Balaban J connectivity index is 1.98. The van der Waals surface area contributed by atoms with Crippen LogP contribution in [0.3, 0.4) is 0 Å². The first-order valence-corrected chi connectivity index (χ1v) is 7.79. The van der Waals surface area contributed by atoms with Crippen LogP contribution >= 0.6 is 0 Å². The molecule has 0 aliphatic heterocycles. The quantitative estimate of drug-likeness (QED) is 0.888. The van der Waals surface area contributed by atoms with E-state index in [4.69, 9.17) is 0 Å². The summed E-state index contributed by atoms with van der Waals surface area (Å²) >= 11 is 0. The van der Waals surface area contributed by atoms with E-state index in [0.717, 1.165) is 22.5 Å². The summed E-state index contributed by atoms with van der Waals surface area (Å²) in [6.45, 7) is 4.08. The normalized spacial score (nSPS) is 10.2. The van der Waals surface area contributed by atoms with Crippen LogP contribution in [0.1, 0.15) is 21.5 Å². The van der Waals surface area contributed by atoms with Crippen molar-refractivity contribution in [2.75, 3.05) is 31.3 Å². The van der Waals surface area contributed by atoms with Gasteiger partial charge in [-0.15, -0.1) is 0 Å². The number of hydrogen-bond acceptors (Lipinski definition) is 3. The van der Waals surface area contributed by atoms with Crippen molar-refractivity contribution in [1.29, 1.82) is 0 Å². The summed E-state index contributed by atoms with van der Waals surface area (Å²) in [4.78, 5) is 25.6. The molecule has 5 nitrogen and oxygen atoms in total. The molecule has 0 bridgehead atoms. The summed E-state index contributed by atoms with van der Waals surface area (Å²) in [6, 6.07) is 13.1. The Bertz CT molecular complexity index is 754. The van der Waals surface area contributed by atoms with Crippen LogP contribution < -0.4 is 10.6 Å². The average molecular weight is 325 g/mol. The van der Waals surface area contributed by atoms with E-state index in [0.29, 0.717) is 5.56 Å². The van der Waals surface area contributed by atoms with Crippen LogP contribution in [0.4, 0.5) is 11.4 Å². The van der Waals surface area contributed by atoms with E-state index in [1.165, 1.54) is 4.90 Å². The van der Waals surface area contributed by atoms with Gasteiger partial charge in [0.25, 0.3) is 5.91 Å². The van der Waals surface area contributed by atoms with E-state index < -0.39 is 0 Å². The van der Waals surface area contributed by atoms with Gasteiger partial charge in [0, 0.05) is 31.0 Å². The number of amides is 2. The molecule has 126 valence electrons. The highest BCUT2D eigenvalue weighted by Crippen LogP contribution is 2.16. The van der Waals surface area contributed by atoms with Crippen LogP contribution in [-0.4, -0.2) is 37.4 Å². The third kappa shape index (κ3) is 4.59. The molecule has 0 heterocycles. The number of rotatable bonds is 5. The number of aryl methyl sites for hydroxylation is 2. The summed E-state index contributed by atoms with van der Waals surface area (Å²) in [5, 5.41) is 5.95. The van der Waals surface area contributed by atoms with Gasteiger partial charge >= 0.3 is 0 Å². The Morgan fingerprint density at radius 2 is 1.79 bits per heavy atom. The fourth-order valence-corrected chi connectivity index (χ4v) is 2.27. The van der Waals surface area contributed by atoms with Crippen LogP contribution in [0.2, 0.25) is 0 Å². The molecule has 2 amide bonds. The SMILES string of the molecule is Cc1ccc(C)c(NC(=O)CNc2cccc(C(=O)N(C)C)c2)c1. The molecule has 0 atom stereocenters. The van der Waals surface area contributed by atoms with Gasteiger partial charge in [0.05, 0.1) is 6.54 Å². The molecule has 0 aliphatic rings. The lowest BCUT2D eigenvalue weighted by molar-refractivity contribution is -0.114. The fourth-order valence-electron chi connectivity index (χ4n) is 2.27. The maximum absolute atomic E-state index is 12.1. The van der Waals surface area contributed by atoms with Crippen molar-refractivity contribution in [3.05, 3.63) is 59.2 Å².